The summed E-state index contributed by atoms with van der Waals surface area (Å²) < 4.78 is 25.5. The molecule has 0 saturated heterocycles. The molecule has 0 bridgehead atoms. The lowest BCUT2D eigenvalue weighted by Gasteiger charge is -2.25. The lowest BCUT2D eigenvalue weighted by Crippen LogP contribution is -2.35. The maximum atomic E-state index is 12.7. The number of sulfonamides is 1. The van der Waals surface area contributed by atoms with Crippen LogP contribution in [0.2, 0.25) is 5.02 Å². The molecule has 0 aliphatic carbocycles. The van der Waals surface area contributed by atoms with Crippen LogP contribution in [0.3, 0.4) is 0 Å². The van der Waals surface area contributed by atoms with Crippen molar-refractivity contribution in [3.05, 3.63) is 64.2 Å². The highest BCUT2D eigenvalue weighted by Crippen LogP contribution is 2.23. The van der Waals surface area contributed by atoms with Gasteiger partial charge in [-0.1, -0.05) is 42.8 Å². The van der Waals surface area contributed by atoms with Crippen molar-refractivity contribution in [1.29, 1.82) is 0 Å². The van der Waals surface area contributed by atoms with Gasteiger partial charge < -0.3 is 10.2 Å². The molecule has 1 amide bonds. The molecule has 0 spiro atoms. The van der Waals surface area contributed by atoms with E-state index < -0.39 is 15.9 Å². The van der Waals surface area contributed by atoms with Gasteiger partial charge in [0.15, 0.2) is 0 Å². The number of hydrogen-bond donors (Lipinski definition) is 2. The summed E-state index contributed by atoms with van der Waals surface area (Å²) in [5.74, 6) is -0.398. The summed E-state index contributed by atoms with van der Waals surface area (Å²) in [7, 11) is 0.368. The van der Waals surface area contributed by atoms with Gasteiger partial charge in [0.05, 0.1) is 23.5 Å². The summed E-state index contributed by atoms with van der Waals surface area (Å²) in [6, 6.07) is 12.7. The van der Waals surface area contributed by atoms with Crippen molar-refractivity contribution in [1.82, 2.24) is 10.2 Å². The SMILES string of the molecule is CCc1ccc(C(CNC(=O)c2cc(Cl)ccc2NS(C)(=O)=O)N(C)C)cc1. The van der Waals surface area contributed by atoms with Crippen LogP contribution in [-0.4, -0.2) is 46.1 Å². The minimum absolute atomic E-state index is 0.0274. The molecule has 28 heavy (non-hydrogen) atoms. The molecular weight excluding hydrogens is 398 g/mol. The molecular formula is C20H26ClN3O3S. The Hall–Kier alpha value is -2.09. The Labute approximate surface area is 171 Å². The molecule has 2 aromatic carbocycles. The number of benzene rings is 2. The highest BCUT2D eigenvalue weighted by atomic mass is 35.5. The Balaban J connectivity index is 2.20. The Bertz CT molecular complexity index is 928. The van der Waals surface area contributed by atoms with Gasteiger partial charge in [-0.2, -0.15) is 0 Å². The van der Waals surface area contributed by atoms with E-state index in [1.807, 2.05) is 19.0 Å². The summed E-state index contributed by atoms with van der Waals surface area (Å²) in [5.41, 5.74) is 2.71. The molecule has 8 heteroatoms. The second-order valence-electron chi connectivity index (χ2n) is 6.85. The summed E-state index contributed by atoms with van der Waals surface area (Å²) >= 11 is 6.00. The molecule has 6 nitrogen and oxygen atoms in total. The fraction of sp³-hybridized carbons (Fsp3) is 0.350. The van der Waals surface area contributed by atoms with Crippen LogP contribution in [0.15, 0.2) is 42.5 Å². The maximum Gasteiger partial charge on any atom is 0.253 e. The van der Waals surface area contributed by atoms with E-state index >= 15 is 0 Å². The van der Waals surface area contributed by atoms with Crippen LogP contribution in [0.25, 0.3) is 0 Å². The molecule has 0 aliphatic rings. The number of aryl methyl sites for hydroxylation is 1. The van der Waals surface area contributed by atoms with E-state index in [1.54, 1.807) is 0 Å². The predicted octanol–water partition coefficient (Wildman–Crippen LogP) is 3.31. The lowest BCUT2D eigenvalue weighted by molar-refractivity contribution is 0.0943. The van der Waals surface area contributed by atoms with Crippen LogP contribution in [0.4, 0.5) is 5.69 Å². The van der Waals surface area contributed by atoms with Crippen LogP contribution in [0.5, 0.6) is 0 Å². The zero-order chi connectivity index (χ0) is 20.9. The zero-order valence-corrected chi connectivity index (χ0v) is 18.1. The van der Waals surface area contributed by atoms with E-state index in [-0.39, 0.29) is 17.3 Å². The van der Waals surface area contributed by atoms with Gasteiger partial charge >= 0.3 is 0 Å². The summed E-state index contributed by atoms with van der Waals surface area (Å²) in [6.07, 6.45) is 2.00. The number of rotatable bonds is 8. The summed E-state index contributed by atoms with van der Waals surface area (Å²) in [4.78, 5) is 14.8. The van der Waals surface area contributed by atoms with Crippen molar-refractivity contribution < 1.29 is 13.2 Å². The van der Waals surface area contributed by atoms with Crippen molar-refractivity contribution in [2.75, 3.05) is 31.6 Å². The predicted molar refractivity (Wildman–Crippen MR) is 114 cm³/mol. The molecule has 0 aliphatic heterocycles. The van der Waals surface area contributed by atoms with Crippen LogP contribution >= 0.6 is 11.6 Å². The normalized spacial score (nSPS) is 12.6. The fourth-order valence-electron chi connectivity index (χ4n) is 2.85. The Morgan fingerprint density at radius 2 is 1.79 bits per heavy atom. The quantitative estimate of drug-likeness (QED) is 0.682. The van der Waals surface area contributed by atoms with E-state index in [4.69, 9.17) is 11.6 Å². The largest absolute Gasteiger partial charge is 0.350 e. The smallest absolute Gasteiger partial charge is 0.253 e. The first-order valence-corrected chi connectivity index (χ1v) is 11.2. The molecule has 2 rings (SSSR count). The van der Waals surface area contributed by atoms with Crippen LogP contribution in [-0.2, 0) is 16.4 Å². The molecule has 1 unspecified atom stereocenters. The molecule has 1 atom stereocenters. The molecule has 2 N–H and O–H groups in total. The zero-order valence-electron chi connectivity index (χ0n) is 16.5. The molecule has 0 aromatic heterocycles. The van der Waals surface area contributed by atoms with Gasteiger partial charge in [-0.15, -0.1) is 0 Å². The topological polar surface area (TPSA) is 78.5 Å². The number of nitrogens with zero attached hydrogens (tertiary/aromatic N) is 1. The van der Waals surface area contributed by atoms with Gasteiger partial charge in [-0.25, -0.2) is 8.42 Å². The van der Waals surface area contributed by atoms with Crippen molar-refractivity contribution in [2.45, 2.75) is 19.4 Å². The van der Waals surface area contributed by atoms with Crippen molar-refractivity contribution >= 4 is 33.2 Å². The number of carbonyl (C=O) groups excluding carboxylic acids is 1. The molecule has 0 radical (unpaired) electrons. The van der Waals surface area contributed by atoms with Gasteiger partial charge in [0.1, 0.15) is 0 Å². The third-order valence-corrected chi connectivity index (χ3v) is 5.20. The average Bonchev–Trinajstić information content (AvgIpc) is 2.62. The van der Waals surface area contributed by atoms with E-state index in [9.17, 15) is 13.2 Å². The fourth-order valence-corrected chi connectivity index (χ4v) is 3.60. The molecule has 2 aromatic rings. The highest BCUT2D eigenvalue weighted by molar-refractivity contribution is 7.92. The van der Waals surface area contributed by atoms with Crippen LogP contribution in [0, 0.1) is 0 Å². The highest BCUT2D eigenvalue weighted by Gasteiger charge is 2.19. The summed E-state index contributed by atoms with van der Waals surface area (Å²) in [5, 5.41) is 3.24. The van der Waals surface area contributed by atoms with E-state index in [0.29, 0.717) is 11.6 Å². The van der Waals surface area contributed by atoms with Gasteiger partial charge in [-0.05, 0) is 49.8 Å². The monoisotopic (exact) mass is 423 g/mol. The Kier molecular flexibility index (Phi) is 7.46. The van der Waals surface area contributed by atoms with E-state index in [0.717, 1.165) is 18.2 Å². The number of carbonyl (C=O) groups is 1. The number of anilines is 1. The second kappa shape index (κ2) is 9.41. The van der Waals surface area contributed by atoms with Gasteiger partial charge in [0.25, 0.3) is 5.91 Å². The Morgan fingerprint density at radius 1 is 1.14 bits per heavy atom. The number of amides is 1. The average molecular weight is 424 g/mol. The first-order chi connectivity index (χ1) is 13.1. The number of likely N-dealkylation sites (N-methyl/N-ethyl adjacent to an activating group) is 1. The van der Waals surface area contributed by atoms with Crippen molar-refractivity contribution in [3.63, 3.8) is 0 Å². The lowest BCUT2D eigenvalue weighted by atomic mass is 10.0. The minimum atomic E-state index is -3.52. The van der Waals surface area contributed by atoms with Crippen molar-refractivity contribution in [3.8, 4) is 0 Å². The molecule has 152 valence electrons. The molecule has 0 heterocycles. The number of halogens is 1. The van der Waals surface area contributed by atoms with Gasteiger partial charge in [0.2, 0.25) is 10.0 Å². The summed E-state index contributed by atoms with van der Waals surface area (Å²) in [6.45, 7) is 2.47. The number of hydrogen-bond acceptors (Lipinski definition) is 4. The van der Waals surface area contributed by atoms with Crippen LogP contribution < -0.4 is 10.0 Å². The first kappa shape index (κ1) is 22.2. The Morgan fingerprint density at radius 3 is 2.32 bits per heavy atom. The van der Waals surface area contributed by atoms with E-state index in [1.165, 1.54) is 23.8 Å². The third kappa shape index (κ3) is 6.22. The standard InChI is InChI=1S/C20H26ClN3O3S/c1-5-14-6-8-15(9-7-14)19(24(2)3)13-22-20(25)17-12-16(21)10-11-18(17)23-28(4,26)27/h6-12,19,23H,5,13H2,1-4H3,(H,22,25). The van der Waals surface area contributed by atoms with Gasteiger partial charge in [-0.3, -0.25) is 9.52 Å². The first-order valence-electron chi connectivity index (χ1n) is 8.91. The van der Waals surface area contributed by atoms with Crippen molar-refractivity contribution in [2.24, 2.45) is 0 Å². The third-order valence-electron chi connectivity index (χ3n) is 4.37. The minimum Gasteiger partial charge on any atom is -0.350 e. The van der Waals surface area contributed by atoms with Gasteiger partial charge in [0, 0.05) is 11.6 Å². The molecule has 0 saturated carbocycles. The number of nitrogens with one attached hydrogen (secondary N) is 2. The second-order valence-corrected chi connectivity index (χ2v) is 9.03. The van der Waals surface area contributed by atoms with Crippen LogP contribution in [0.1, 0.15) is 34.5 Å². The van der Waals surface area contributed by atoms with E-state index in [2.05, 4.69) is 41.2 Å². The molecule has 0 fully saturated rings. The maximum absolute atomic E-state index is 12.7.